The highest BCUT2D eigenvalue weighted by Crippen LogP contribution is 2.23. The molecule has 1 aromatic carbocycles. The number of aromatic nitrogens is 1. The Labute approximate surface area is 119 Å². The highest BCUT2D eigenvalue weighted by Gasteiger charge is 2.09. The van der Waals surface area contributed by atoms with Crippen LogP contribution in [0.2, 0.25) is 0 Å². The first-order chi connectivity index (χ1) is 9.83. The van der Waals surface area contributed by atoms with E-state index in [1.807, 2.05) is 25.1 Å². The number of piperidine rings is 1. The molecule has 2 heterocycles. The van der Waals surface area contributed by atoms with Crippen molar-refractivity contribution in [2.45, 2.75) is 32.6 Å². The standard InChI is InChI=1S/C16H22N2O2/c1-13-15-7-6-14(12-16(15)20-17-13)19-11-5-10-18-8-3-2-4-9-18/h6-7,12H,2-5,8-11H2,1H3. The van der Waals surface area contributed by atoms with E-state index in [2.05, 4.69) is 10.1 Å². The summed E-state index contributed by atoms with van der Waals surface area (Å²) < 4.78 is 11.1. The van der Waals surface area contributed by atoms with Crippen molar-refractivity contribution in [3.8, 4) is 5.75 Å². The van der Waals surface area contributed by atoms with Crippen LogP contribution in [0.1, 0.15) is 31.4 Å². The van der Waals surface area contributed by atoms with E-state index in [-0.39, 0.29) is 0 Å². The lowest BCUT2D eigenvalue weighted by Crippen LogP contribution is -2.31. The summed E-state index contributed by atoms with van der Waals surface area (Å²) in [6.45, 7) is 6.36. The summed E-state index contributed by atoms with van der Waals surface area (Å²) in [4.78, 5) is 2.54. The van der Waals surface area contributed by atoms with Crippen LogP contribution in [0.25, 0.3) is 11.0 Å². The van der Waals surface area contributed by atoms with Crippen LogP contribution in [0.3, 0.4) is 0 Å². The maximum atomic E-state index is 5.80. The van der Waals surface area contributed by atoms with Gasteiger partial charge in [-0.2, -0.15) is 0 Å². The third-order valence-corrected chi connectivity index (χ3v) is 3.96. The third kappa shape index (κ3) is 3.12. The summed E-state index contributed by atoms with van der Waals surface area (Å²) in [5.74, 6) is 0.868. The quantitative estimate of drug-likeness (QED) is 0.783. The van der Waals surface area contributed by atoms with Gasteiger partial charge in [-0.15, -0.1) is 0 Å². The predicted molar refractivity (Wildman–Crippen MR) is 79.1 cm³/mol. The van der Waals surface area contributed by atoms with E-state index in [1.165, 1.54) is 32.4 Å². The van der Waals surface area contributed by atoms with Crippen LogP contribution in [-0.2, 0) is 0 Å². The predicted octanol–water partition coefficient (Wildman–Crippen LogP) is 3.39. The Bertz CT molecular complexity index is 559. The zero-order valence-electron chi connectivity index (χ0n) is 12.1. The molecule has 3 rings (SSSR count). The topological polar surface area (TPSA) is 38.5 Å². The molecule has 1 aliphatic rings. The first-order valence-electron chi connectivity index (χ1n) is 7.54. The molecule has 1 aromatic heterocycles. The number of aryl methyl sites for hydroxylation is 1. The van der Waals surface area contributed by atoms with Crippen molar-refractivity contribution in [1.82, 2.24) is 10.1 Å². The van der Waals surface area contributed by atoms with E-state index in [1.54, 1.807) is 0 Å². The van der Waals surface area contributed by atoms with Gasteiger partial charge in [0, 0.05) is 18.0 Å². The van der Waals surface area contributed by atoms with E-state index >= 15 is 0 Å². The van der Waals surface area contributed by atoms with Gasteiger partial charge in [0.1, 0.15) is 5.75 Å². The third-order valence-electron chi connectivity index (χ3n) is 3.96. The van der Waals surface area contributed by atoms with E-state index in [9.17, 15) is 0 Å². The molecule has 0 atom stereocenters. The van der Waals surface area contributed by atoms with Gasteiger partial charge < -0.3 is 14.2 Å². The normalized spacial score (nSPS) is 16.6. The smallest absolute Gasteiger partial charge is 0.170 e. The van der Waals surface area contributed by atoms with Crippen molar-refractivity contribution in [1.29, 1.82) is 0 Å². The minimum absolute atomic E-state index is 0.759. The van der Waals surface area contributed by atoms with Gasteiger partial charge in [0.05, 0.1) is 12.3 Å². The zero-order chi connectivity index (χ0) is 13.8. The van der Waals surface area contributed by atoms with Crippen molar-refractivity contribution in [3.63, 3.8) is 0 Å². The van der Waals surface area contributed by atoms with Crippen molar-refractivity contribution in [2.24, 2.45) is 0 Å². The van der Waals surface area contributed by atoms with Crippen LogP contribution >= 0.6 is 0 Å². The molecule has 0 bridgehead atoms. The van der Waals surface area contributed by atoms with Crippen molar-refractivity contribution >= 4 is 11.0 Å². The molecule has 1 aliphatic heterocycles. The summed E-state index contributed by atoms with van der Waals surface area (Å²) in [6, 6.07) is 5.94. The summed E-state index contributed by atoms with van der Waals surface area (Å²) in [6.07, 6.45) is 5.17. The molecule has 0 spiro atoms. The molecule has 0 saturated carbocycles. The second kappa shape index (κ2) is 6.27. The highest BCUT2D eigenvalue weighted by atomic mass is 16.5. The number of likely N-dealkylation sites (tertiary alicyclic amines) is 1. The van der Waals surface area contributed by atoms with Gasteiger partial charge in [0.2, 0.25) is 0 Å². The Morgan fingerprint density at radius 2 is 2.10 bits per heavy atom. The number of hydrogen-bond donors (Lipinski definition) is 0. The van der Waals surface area contributed by atoms with Gasteiger partial charge in [0.25, 0.3) is 0 Å². The fourth-order valence-corrected chi connectivity index (χ4v) is 2.79. The van der Waals surface area contributed by atoms with E-state index < -0.39 is 0 Å². The fourth-order valence-electron chi connectivity index (χ4n) is 2.79. The van der Waals surface area contributed by atoms with E-state index in [4.69, 9.17) is 9.26 Å². The van der Waals surface area contributed by atoms with Gasteiger partial charge in [-0.1, -0.05) is 11.6 Å². The van der Waals surface area contributed by atoms with Gasteiger partial charge in [-0.05, 0) is 51.4 Å². The number of rotatable bonds is 5. The number of ether oxygens (including phenoxy) is 1. The lowest BCUT2D eigenvalue weighted by Gasteiger charge is -2.26. The van der Waals surface area contributed by atoms with Gasteiger partial charge in [0.15, 0.2) is 5.58 Å². The maximum absolute atomic E-state index is 5.80. The average Bonchev–Trinajstić information content (AvgIpc) is 2.86. The molecule has 0 aliphatic carbocycles. The molecule has 0 amide bonds. The number of benzene rings is 1. The van der Waals surface area contributed by atoms with Crippen molar-refractivity contribution in [2.75, 3.05) is 26.2 Å². The molecule has 4 heteroatoms. The van der Waals surface area contributed by atoms with Crippen LogP contribution < -0.4 is 4.74 Å². The second-order valence-electron chi connectivity index (χ2n) is 5.53. The Balaban J connectivity index is 1.47. The largest absolute Gasteiger partial charge is 0.493 e. The lowest BCUT2D eigenvalue weighted by molar-refractivity contribution is 0.205. The van der Waals surface area contributed by atoms with Crippen molar-refractivity contribution < 1.29 is 9.26 Å². The maximum Gasteiger partial charge on any atom is 0.170 e. The van der Waals surface area contributed by atoms with Gasteiger partial charge in [-0.3, -0.25) is 0 Å². The van der Waals surface area contributed by atoms with Crippen LogP contribution in [0.4, 0.5) is 0 Å². The number of fused-ring (bicyclic) bond motifs is 1. The molecule has 0 radical (unpaired) electrons. The van der Waals surface area contributed by atoms with Crippen LogP contribution in [-0.4, -0.2) is 36.3 Å². The molecule has 108 valence electrons. The summed E-state index contributed by atoms with van der Waals surface area (Å²) >= 11 is 0. The number of nitrogens with zero attached hydrogens (tertiary/aromatic N) is 2. The molecular formula is C16H22N2O2. The first-order valence-corrected chi connectivity index (χ1v) is 7.54. The zero-order valence-corrected chi connectivity index (χ0v) is 12.1. The molecule has 1 fully saturated rings. The summed E-state index contributed by atoms with van der Waals surface area (Å²) in [5.41, 5.74) is 1.73. The highest BCUT2D eigenvalue weighted by molar-refractivity contribution is 5.80. The lowest BCUT2D eigenvalue weighted by atomic mass is 10.1. The minimum atomic E-state index is 0.759. The van der Waals surface area contributed by atoms with Gasteiger partial charge >= 0.3 is 0 Å². The summed E-state index contributed by atoms with van der Waals surface area (Å²) in [5, 5.41) is 5.02. The van der Waals surface area contributed by atoms with Crippen molar-refractivity contribution in [3.05, 3.63) is 23.9 Å². The first kappa shape index (κ1) is 13.4. The second-order valence-corrected chi connectivity index (χ2v) is 5.53. The molecule has 4 nitrogen and oxygen atoms in total. The number of hydrogen-bond acceptors (Lipinski definition) is 4. The van der Waals surface area contributed by atoms with Gasteiger partial charge in [-0.25, -0.2) is 0 Å². The molecule has 0 unspecified atom stereocenters. The van der Waals surface area contributed by atoms with Crippen LogP contribution in [0, 0.1) is 6.92 Å². The molecule has 0 N–H and O–H groups in total. The van der Waals surface area contributed by atoms with Crippen LogP contribution in [0.5, 0.6) is 5.75 Å². The van der Waals surface area contributed by atoms with E-state index in [0.717, 1.165) is 42.0 Å². The SMILES string of the molecule is Cc1noc2cc(OCCCN3CCCCC3)ccc12. The average molecular weight is 274 g/mol. The monoisotopic (exact) mass is 274 g/mol. The molecule has 20 heavy (non-hydrogen) atoms. The minimum Gasteiger partial charge on any atom is -0.493 e. The van der Waals surface area contributed by atoms with E-state index in [0.29, 0.717) is 0 Å². The Kier molecular flexibility index (Phi) is 4.21. The van der Waals surface area contributed by atoms with Crippen LogP contribution in [0.15, 0.2) is 22.7 Å². The molecular weight excluding hydrogens is 252 g/mol. The fraction of sp³-hybridized carbons (Fsp3) is 0.562. The molecule has 2 aromatic rings. The Morgan fingerprint density at radius 1 is 1.25 bits per heavy atom. The Morgan fingerprint density at radius 3 is 2.95 bits per heavy atom. The summed E-state index contributed by atoms with van der Waals surface area (Å²) in [7, 11) is 0. The Hall–Kier alpha value is -1.55. The molecule has 1 saturated heterocycles.